The molecule has 1 aromatic rings. The number of nitrogen functional groups attached to an aromatic ring is 1. The van der Waals surface area contributed by atoms with Crippen molar-refractivity contribution in [3.8, 4) is 0 Å². The van der Waals surface area contributed by atoms with E-state index in [1.807, 2.05) is 24.3 Å². The Bertz CT molecular complexity index is 326. The fraction of sp³-hybridized carbons (Fsp3) is 0. The van der Waals surface area contributed by atoms with Gasteiger partial charge < -0.3 is 5.73 Å². The summed E-state index contributed by atoms with van der Waals surface area (Å²) in [5.74, 6) is 0. The first-order chi connectivity index (χ1) is 5.34. The lowest BCUT2D eigenvalue weighted by Crippen LogP contribution is -1.86. The molecule has 0 amide bonds. The molecule has 0 unspecified atom stereocenters. The van der Waals surface area contributed by atoms with Crippen LogP contribution in [-0.2, 0) is 0 Å². The van der Waals surface area contributed by atoms with Crippen LogP contribution in [0.5, 0.6) is 0 Å². The quantitative estimate of drug-likeness (QED) is 0.473. The van der Waals surface area contributed by atoms with Gasteiger partial charge in [0.2, 0.25) is 0 Å². The summed E-state index contributed by atoms with van der Waals surface area (Å²) in [6, 6.07) is 7.58. The Balaban J connectivity index is 3.14. The van der Waals surface area contributed by atoms with Gasteiger partial charge in [-0.2, -0.15) is 0 Å². The number of hydrogen-bond acceptors (Lipinski definition) is 1. The topological polar surface area (TPSA) is 26.0 Å². The van der Waals surface area contributed by atoms with Crippen LogP contribution in [0.1, 0.15) is 5.56 Å². The van der Waals surface area contributed by atoms with E-state index in [1.54, 1.807) is 6.08 Å². The van der Waals surface area contributed by atoms with E-state index in [4.69, 9.17) is 5.73 Å². The zero-order valence-corrected chi connectivity index (χ0v) is 6.17. The molecule has 0 spiro atoms. The zero-order valence-electron chi connectivity index (χ0n) is 6.17. The summed E-state index contributed by atoms with van der Waals surface area (Å²) in [7, 11) is 0. The Morgan fingerprint density at radius 1 is 1.36 bits per heavy atom. The lowest BCUT2D eigenvalue weighted by Gasteiger charge is -1.95. The third-order valence-corrected chi connectivity index (χ3v) is 1.33. The van der Waals surface area contributed by atoms with Crippen LogP contribution in [0.25, 0.3) is 6.08 Å². The van der Waals surface area contributed by atoms with Crippen LogP contribution in [0.15, 0.2) is 42.3 Å². The Morgan fingerprint density at radius 3 is 2.73 bits per heavy atom. The van der Waals surface area contributed by atoms with Crippen LogP contribution in [-0.4, -0.2) is 0 Å². The number of hydrogen-bond donors (Lipinski definition) is 1. The summed E-state index contributed by atoms with van der Waals surface area (Å²) in [6.45, 7) is 3.40. The monoisotopic (exact) mass is 143 g/mol. The van der Waals surface area contributed by atoms with Crippen molar-refractivity contribution in [1.29, 1.82) is 0 Å². The number of benzene rings is 1. The molecule has 0 saturated heterocycles. The molecule has 1 aromatic carbocycles. The van der Waals surface area contributed by atoms with Crippen molar-refractivity contribution >= 4 is 11.8 Å². The van der Waals surface area contributed by atoms with Crippen LogP contribution >= 0.6 is 0 Å². The first-order valence-electron chi connectivity index (χ1n) is 3.30. The van der Waals surface area contributed by atoms with Crippen molar-refractivity contribution in [3.63, 3.8) is 0 Å². The molecule has 0 fully saturated rings. The van der Waals surface area contributed by atoms with Gasteiger partial charge in [0, 0.05) is 11.3 Å². The highest BCUT2D eigenvalue weighted by molar-refractivity contribution is 5.63. The molecule has 0 saturated carbocycles. The van der Waals surface area contributed by atoms with Gasteiger partial charge in [-0.25, -0.2) is 0 Å². The van der Waals surface area contributed by atoms with E-state index >= 15 is 0 Å². The zero-order chi connectivity index (χ0) is 8.10. The van der Waals surface area contributed by atoms with Crippen LogP contribution in [0.2, 0.25) is 0 Å². The van der Waals surface area contributed by atoms with Gasteiger partial charge in [0.05, 0.1) is 0 Å². The molecule has 11 heavy (non-hydrogen) atoms. The minimum Gasteiger partial charge on any atom is -0.398 e. The fourth-order valence-corrected chi connectivity index (χ4v) is 0.771. The van der Waals surface area contributed by atoms with Crippen LogP contribution in [0, 0.1) is 0 Å². The van der Waals surface area contributed by atoms with Gasteiger partial charge in [0.1, 0.15) is 0 Å². The lowest BCUT2D eigenvalue weighted by atomic mass is 10.2. The average Bonchev–Trinajstić information content (AvgIpc) is 2.03. The summed E-state index contributed by atoms with van der Waals surface area (Å²) in [6.07, 6.45) is 1.75. The molecule has 0 atom stereocenters. The molecule has 0 aliphatic heterocycles. The minimum absolute atomic E-state index is 0.746. The summed E-state index contributed by atoms with van der Waals surface area (Å²) >= 11 is 0. The average molecular weight is 143 g/mol. The normalized spacial score (nSPS) is 8.00. The smallest absolute Gasteiger partial charge is 0.0394 e. The molecule has 0 heterocycles. The van der Waals surface area contributed by atoms with Gasteiger partial charge in [0.25, 0.3) is 0 Å². The number of rotatable bonds is 1. The first kappa shape index (κ1) is 7.43. The van der Waals surface area contributed by atoms with Crippen LogP contribution in [0.3, 0.4) is 0 Å². The van der Waals surface area contributed by atoms with E-state index in [2.05, 4.69) is 18.0 Å². The van der Waals surface area contributed by atoms with E-state index < -0.39 is 0 Å². The molecule has 0 bridgehead atoms. The summed E-state index contributed by atoms with van der Waals surface area (Å²) in [5, 5.41) is 0. The highest BCUT2D eigenvalue weighted by Gasteiger charge is 1.88. The Kier molecular flexibility index (Phi) is 2.35. The maximum atomic E-state index is 5.64. The highest BCUT2D eigenvalue weighted by Crippen LogP contribution is 2.10. The predicted molar refractivity (Wildman–Crippen MR) is 48.0 cm³/mol. The first-order valence-corrected chi connectivity index (χ1v) is 3.30. The van der Waals surface area contributed by atoms with Gasteiger partial charge in [-0.3, -0.25) is 0 Å². The maximum Gasteiger partial charge on any atom is 0.0394 e. The van der Waals surface area contributed by atoms with E-state index in [-0.39, 0.29) is 0 Å². The lowest BCUT2D eigenvalue weighted by molar-refractivity contribution is 1.64. The van der Waals surface area contributed by atoms with E-state index in [0.29, 0.717) is 0 Å². The second-order valence-electron chi connectivity index (χ2n) is 2.09. The van der Waals surface area contributed by atoms with Crippen molar-refractivity contribution in [2.24, 2.45) is 0 Å². The van der Waals surface area contributed by atoms with Gasteiger partial charge >= 0.3 is 0 Å². The molecule has 1 rings (SSSR count). The third-order valence-electron chi connectivity index (χ3n) is 1.33. The van der Waals surface area contributed by atoms with E-state index in [9.17, 15) is 0 Å². The second kappa shape index (κ2) is 3.48. The fourth-order valence-electron chi connectivity index (χ4n) is 0.771. The maximum absolute atomic E-state index is 5.64. The van der Waals surface area contributed by atoms with Crippen LogP contribution < -0.4 is 5.73 Å². The van der Waals surface area contributed by atoms with Gasteiger partial charge in [-0.1, -0.05) is 29.7 Å². The molecule has 2 N–H and O–H groups in total. The largest absolute Gasteiger partial charge is 0.398 e. The van der Waals surface area contributed by atoms with Crippen molar-refractivity contribution in [3.05, 3.63) is 47.9 Å². The molecule has 0 radical (unpaired) electrons. The summed E-state index contributed by atoms with van der Waals surface area (Å²) < 4.78 is 0. The minimum atomic E-state index is 0.746. The molecule has 0 aliphatic rings. The molecular weight excluding hydrogens is 134 g/mol. The molecule has 54 valence electrons. The summed E-state index contributed by atoms with van der Waals surface area (Å²) in [4.78, 5) is 0. The predicted octanol–water partition coefficient (Wildman–Crippen LogP) is 2.22. The van der Waals surface area contributed by atoms with E-state index in [0.717, 1.165) is 11.3 Å². The van der Waals surface area contributed by atoms with Crippen molar-refractivity contribution in [1.82, 2.24) is 0 Å². The molecular formula is C10H9N. The molecule has 1 nitrogen and oxygen atoms in total. The van der Waals surface area contributed by atoms with Crippen molar-refractivity contribution in [2.75, 3.05) is 5.73 Å². The molecule has 0 aliphatic carbocycles. The number of nitrogens with two attached hydrogens (primary N) is 1. The highest BCUT2D eigenvalue weighted by atomic mass is 14.5. The standard InChI is InChI=1S/C10H9N/c1-2-3-6-9-7-4-5-8-10(9)11/h4-8H,1,11H2. The SMILES string of the molecule is C=C=C=Cc1ccccc1N. The number of anilines is 1. The van der Waals surface area contributed by atoms with Gasteiger partial charge in [-0.15, -0.1) is 0 Å². The van der Waals surface area contributed by atoms with Crippen molar-refractivity contribution < 1.29 is 0 Å². The Hall–Kier alpha value is -1.68. The summed E-state index contributed by atoms with van der Waals surface area (Å²) in [5.41, 5.74) is 12.6. The second-order valence-corrected chi connectivity index (χ2v) is 2.09. The molecule has 0 aromatic heterocycles. The van der Waals surface area contributed by atoms with Crippen LogP contribution in [0.4, 0.5) is 5.69 Å². The van der Waals surface area contributed by atoms with E-state index in [1.165, 1.54) is 0 Å². The van der Waals surface area contributed by atoms with Gasteiger partial charge in [-0.05, 0) is 18.7 Å². The third kappa shape index (κ3) is 1.87. The molecule has 1 heteroatoms. The Labute approximate surface area is 66.2 Å². The number of para-hydroxylation sites is 1. The Morgan fingerprint density at radius 2 is 2.09 bits per heavy atom. The van der Waals surface area contributed by atoms with Crippen molar-refractivity contribution in [2.45, 2.75) is 0 Å². The van der Waals surface area contributed by atoms with Gasteiger partial charge in [0.15, 0.2) is 0 Å².